The predicted octanol–water partition coefficient (Wildman–Crippen LogP) is 3.55. The van der Waals surface area contributed by atoms with Crippen LogP contribution in [0.15, 0.2) is 36.4 Å². The molecule has 3 N–H and O–H groups in total. The zero-order chi connectivity index (χ0) is 18.2. The van der Waals surface area contributed by atoms with E-state index < -0.39 is 0 Å². The summed E-state index contributed by atoms with van der Waals surface area (Å²) in [7, 11) is 0. The number of carbonyl (C=O) groups excluding carboxylic acids is 2. The third-order valence-electron chi connectivity index (χ3n) is 3.75. The first kappa shape index (κ1) is 18.4. The van der Waals surface area contributed by atoms with Crippen molar-refractivity contribution in [1.82, 2.24) is 10.2 Å². The Morgan fingerprint density at radius 3 is 1.96 bits per heavy atom. The van der Waals surface area contributed by atoms with Gasteiger partial charge in [0.15, 0.2) is 11.6 Å². The number of carbonyl (C=O) groups is 2. The third-order valence-corrected chi connectivity index (χ3v) is 3.75. The van der Waals surface area contributed by atoms with Crippen molar-refractivity contribution < 1.29 is 9.59 Å². The van der Waals surface area contributed by atoms with Gasteiger partial charge in [-0.1, -0.05) is 13.8 Å². The molecule has 2 amide bonds. The molecule has 2 rings (SSSR count). The van der Waals surface area contributed by atoms with Crippen LogP contribution < -0.4 is 16.0 Å². The maximum atomic E-state index is 12.0. The Kier molecular flexibility index (Phi) is 6.45. The highest BCUT2D eigenvalue weighted by Gasteiger charge is 2.14. The summed E-state index contributed by atoms with van der Waals surface area (Å²) in [6.45, 7) is 5.44. The fraction of sp³-hybridized carbons (Fsp3) is 0.333. The van der Waals surface area contributed by atoms with Gasteiger partial charge < -0.3 is 16.0 Å². The lowest BCUT2D eigenvalue weighted by molar-refractivity contribution is -0.120. The maximum Gasteiger partial charge on any atom is 0.228 e. The molecule has 0 unspecified atom stereocenters. The molecule has 1 aromatic heterocycles. The topological polar surface area (TPSA) is 96.0 Å². The number of nitrogens with one attached hydrogen (secondary N) is 3. The Morgan fingerprint density at radius 2 is 1.44 bits per heavy atom. The average Bonchev–Trinajstić information content (AvgIpc) is 2.59. The first-order chi connectivity index (χ1) is 12.0. The van der Waals surface area contributed by atoms with Crippen LogP contribution in [-0.4, -0.2) is 22.0 Å². The minimum absolute atomic E-state index is 0.0123. The zero-order valence-corrected chi connectivity index (χ0v) is 14.7. The fourth-order valence-corrected chi connectivity index (χ4v) is 2.34. The van der Waals surface area contributed by atoms with Crippen molar-refractivity contribution in [3.05, 3.63) is 36.4 Å². The molecular weight excluding hydrogens is 318 g/mol. The van der Waals surface area contributed by atoms with E-state index in [9.17, 15) is 9.59 Å². The Hall–Kier alpha value is -2.96. The van der Waals surface area contributed by atoms with Crippen molar-refractivity contribution >= 4 is 34.8 Å². The predicted molar refractivity (Wildman–Crippen MR) is 98.8 cm³/mol. The summed E-state index contributed by atoms with van der Waals surface area (Å²) in [4.78, 5) is 23.0. The van der Waals surface area contributed by atoms with Crippen molar-refractivity contribution in [1.29, 1.82) is 0 Å². The lowest BCUT2D eigenvalue weighted by Gasteiger charge is -2.12. The fourth-order valence-electron chi connectivity index (χ4n) is 2.34. The highest BCUT2D eigenvalue weighted by atomic mass is 16.2. The van der Waals surface area contributed by atoms with Gasteiger partial charge in [0.2, 0.25) is 11.8 Å². The highest BCUT2D eigenvalue weighted by molar-refractivity contribution is 5.91. The lowest BCUT2D eigenvalue weighted by Crippen LogP contribution is -2.22. The van der Waals surface area contributed by atoms with E-state index in [4.69, 9.17) is 0 Å². The van der Waals surface area contributed by atoms with Gasteiger partial charge in [0.25, 0.3) is 0 Å². The normalized spacial score (nSPS) is 10.4. The van der Waals surface area contributed by atoms with Crippen molar-refractivity contribution in [2.75, 3.05) is 16.0 Å². The van der Waals surface area contributed by atoms with Crippen LogP contribution in [0.5, 0.6) is 0 Å². The van der Waals surface area contributed by atoms with E-state index in [0.29, 0.717) is 11.6 Å². The first-order valence-electron chi connectivity index (χ1n) is 8.31. The minimum Gasteiger partial charge on any atom is -0.339 e. The smallest absolute Gasteiger partial charge is 0.228 e. The summed E-state index contributed by atoms with van der Waals surface area (Å²) < 4.78 is 0. The quantitative estimate of drug-likeness (QED) is 0.715. The van der Waals surface area contributed by atoms with Gasteiger partial charge in [-0.2, -0.15) is 0 Å². The molecule has 0 saturated carbocycles. The van der Waals surface area contributed by atoms with Gasteiger partial charge in [0, 0.05) is 24.2 Å². The van der Waals surface area contributed by atoms with Gasteiger partial charge in [-0.3, -0.25) is 9.59 Å². The maximum absolute atomic E-state index is 12.0. The van der Waals surface area contributed by atoms with E-state index in [1.807, 2.05) is 26.0 Å². The molecule has 0 spiro atoms. The number of anilines is 4. The minimum atomic E-state index is -0.113. The van der Waals surface area contributed by atoms with E-state index in [0.717, 1.165) is 24.2 Å². The first-order valence-corrected chi connectivity index (χ1v) is 8.31. The lowest BCUT2D eigenvalue weighted by atomic mass is 10.0. The van der Waals surface area contributed by atoms with Gasteiger partial charge >= 0.3 is 0 Å². The average molecular weight is 341 g/mol. The standard InChI is InChI=1S/C18H23N5O2/c1-4-13(5-2)18(25)21-17-11-10-16(22-23-17)20-15-8-6-14(7-9-15)19-12(3)24/h6-11,13H,4-5H2,1-3H3,(H,19,24)(H,20,22)(H,21,23,25). The summed E-state index contributed by atoms with van der Waals surface area (Å²) >= 11 is 0. The van der Waals surface area contributed by atoms with Crippen molar-refractivity contribution in [3.8, 4) is 0 Å². The van der Waals surface area contributed by atoms with E-state index in [1.165, 1.54) is 6.92 Å². The number of hydrogen-bond acceptors (Lipinski definition) is 5. The summed E-state index contributed by atoms with van der Waals surface area (Å²) in [6, 6.07) is 10.7. The molecule has 1 aromatic carbocycles. The molecular formula is C18H23N5O2. The molecule has 0 saturated heterocycles. The van der Waals surface area contributed by atoms with Crippen LogP contribution in [0.1, 0.15) is 33.6 Å². The molecule has 7 heteroatoms. The van der Waals surface area contributed by atoms with Crippen molar-refractivity contribution in [2.45, 2.75) is 33.6 Å². The van der Waals surface area contributed by atoms with Crippen molar-refractivity contribution in [3.63, 3.8) is 0 Å². The summed E-state index contributed by atoms with van der Waals surface area (Å²) in [5.74, 6) is 0.837. The van der Waals surface area contributed by atoms with Crippen LogP contribution in [0, 0.1) is 5.92 Å². The number of amides is 2. The second kappa shape index (κ2) is 8.77. The number of rotatable bonds is 7. The Labute approximate surface area is 147 Å². The molecule has 0 bridgehead atoms. The summed E-state index contributed by atoms with van der Waals surface area (Å²) in [6.07, 6.45) is 1.59. The van der Waals surface area contributed by atoms with Crippen LogP contribution in [0.4, 0.5) is 23.0 Å². The Balaban J connectivity index is 1.96. The molecule has 25 heavy (non-hydrogen) atoms. The van der Waals surface area contributed by atoms with Gasteiger partial charge in [0.05, 0.1) is 0 Å². The molecule has 7 nitrogen and oxygen atoms in total. The molecule has 0 aliphatic carbocycles. The van der Waals surface area contributed by atoms with E-state index in [1.54, 1.807) is 24.3 Å². The second-order valence-electron chi connectivity index (χ2n) is 5.69. The van der Waals surface area contributed by atoms with Gasteiger partial charge in [-0.05, 0) is 49.2 Å². The van der Waals surface area contributed by atoms with Gasteiger partial charge in [0.1, 0.15) is 0 Å². The molecule has 2 aromatic rings. The number of benzene rings is 1. The van der Waals surface area contributed by atoms with Gasteiger partial charge in [-0.15, -0.1) is 10.2 Å². The Morgan fingerprint density at radius 1 is 0.880 bits per heavy atom. The third kappa shape index (κ3) is 5.56. The molecule has 1 heterocycles. The summed E-state index contributed by atoms with van der Waals surface area (Å²) in [5, 5.41) is 16.7. The van der Waals surface area contributed by atoms with Crippen LogP contribution in [0.3, 0.4) is 0 Å². The van der Waals surface area contributed by atoms with E-state index >= 15 is 0 Å². The van der Waals surface area contributed by atoms with Crippen LogP contribution in [-0.2, 0) is 9.59 Å². The molecule has 132 valence electrons. The molecule has 0 atom stereocenters. The largest absolute Gasteiger partial charge is 0.339 e. The zero-order valence-electron chi connectivity index (χ0n) is 14.7. The highest BCUT2D eigenvalue weighted by Crippen LogP contribution is 2.18. The van der Waals surface area contributed by atoms with E-state index in [-0.39, 0.29) is 17.7 Å². The van der Waals surface area contributed by atoms with Crippen LogP contribution in [0.25, 0.3) is 0 Å². The monoisotopic (exact) mass is 341 g/mol. The molecule has 0 fully saturated rings. The summed E-state index contributed by atoms with van der Waals surface area (Å²) in [5.41, 5.74) is 1.54. The number of hydrogen-bond donors (Lipinski definition) is 3. The Bertz CT molecular complexity index is 709. The number of aromatic nitrogens is 2. The molecule has 0 aliphatic rings. The second-order valence-corrected chi connectivity index (χ2v) is 5.69. The van der Waals surface area contributed by atoms with Crippen LogP contribution >= 0.6 is 0 Å². The van der Waals surface area contributed by atoms with Crippen molar-refractivity contribution in [2.24, 2.45) is 5.92 Å². The van der Waals surface area contributed by atoms with E-state index in [2.05, 4.69) is 26.1 Å². The van der Waals surface area contributed by atoms with Crippen LogP contribution in [0.2, 0.25) is 0 Å². The van der Waals surface area contributed by atoms with Gasteiger partial charge in [-0.25, -0.2) is 0 Å². The SMILES string of the molecule is CCC(CC)C(=O)Nc1ccc(Nc2ccc(NC(C)=O)cc2)nn1. The molecule has 0 radical (unpaired) electrons. The number of nitrogens with zero attached hydrogens (tertiary/aromatic N) is 2. The molecule has 0 aliphatic heterocycles.